The van der Waals surface area contributed by atoms with Crippen molar-refractivity contribution >= 4 is 41.5 Å². The first-order valence-electron chi connectivity index (χ1n) is 6.02. The summed E-state index contributed by atoms with van der Waals surface area (Å²) in [4.78, 5) is 14.1. The Morgan fingerprint density at radius 2 is 2.05 bits per heavy atom. The molecule has 1 fully saturated rings. The number of carbonyl (C=O) groups is 1. The first-order chi connectivity index (χ1) is 8.59. The molecule has 1 saturated heterocycles. The van der Waals surface area contributed by atoms with E-state index in [1.54, 1.807) is 18.2 Å². The zero-order valence-corrected chi connectivity index (χ0v) is 13.0. The summed E-state index contributed by atoms with van der Waals surface area (Å²) < 4.78 is 0. The van der Waals surface area contributed by atoms with Crippen molar-refractivity contribution < 1.29 is 4.79 Å². The van der Waals surface area contributed by atoms with Gasteiger partial charge in [-0.05, 0) is 24.6 Å². The fourth-order valence-electron chi connectivity index (χ4n) is 2.17. The highest BCUT2D eigenvalue weighted by Gasteiger charge is 2.24. The number of nitrogens with zero attached hydrogens (tertiary/aromatic N) is 1. The quantitative estimate of drug-likeness (QED) is 0.907. The molecule has 0 unspecified atom stereocenters. The number of nitrogens with one attached hydrogen (secondary N) is 1. The maximum Gasteiger partial charge on any atom is 0.227 e. The Morgan fingerprint density at radius 3 is 2.63 bits per heavy atom. The largest absolute Gasteiger partial charge is 0.337 e. The predicted octanol–water partition coefficient (Wildman–Crippen LogP) is 2.78. The second-order valence-corrected chi connectivity index (χ2v) is 5.33. The number of hydrogen-bond donors (Lipinski definition) is 1. The van der Waals surface area contributed by atoms with Gasteiger partial charge in [-0.25, -0.2) is 0 Å². The number of amides is 1. The summed E-state index contributed by atoms with van der Waals surface area (Å²) in [5.74, 6) is 0.0824. The Kier molecular flexibility index (Phi) is 6.40. The molecule has 0 radical (unpaired) electrons. The topological polar surface area (TPSA) is 32.3 Å². The van der Waals surface area contributed by atoms with E-state index in [-0.39, 0.29) is 30.8 Å². The lowest BCUT2D eigenvalue weighted by Gasteiger charge is -2.34. The van der Waals surface area contributed by atoms with Gasteiger partial charge in [0.1, 0.15) is 0 Å². The van der Waals surface area contributed by atoms with E-state index >= 15 is 0 Å². The maximum absolute atomic E-state index is 12.3. The van der Waals surface area contributed by atoms with Crippen molar-refractivity contribution in [3.05, 3.63) is 33.8 Å². The number of halogens is 3. The fourth-order valence-corrected chi connectivity index (χ4v) is 2.70. The number of piperazine rings is 1. The molecule has 1 aromatic carbocycles. The molecule has 0 aliphatic carbocycles. The van der Waals surface area contributed by atoms with Gasteiger partial charge in [0.05, 0.1) is 6.42 Å². The molecule has 0 aromatic heterocycles. The first-order valence-corrected chi connectivity index (χ1v) is 6.78. The van der Waals surface area contributed by atoms with Crippen LogP contribution in [0.4, 0.5) is 0 Å². The summed E-state index contributed by atoms with van der Waals surface area (Å²) in [6, 6.07) is 5.52. The minimum atomic E-state index is 0. The van der Waals surface area contributed by atoms with Crippen LogP contribution < -0.4 is 5.32 Å². The molecule has 106 valence electrons. The molecule has 0 spiro atoms. The van der Waals surface area contributed by atoms with Crippen LogP contribution in [-0.2, 0) is 11.2 Å². The van der Waals surface area contributed by atoms with Crippen LogP contribution in [0.5, 0.6) is 0 Å². The van der Waals surface area contributed by atoms with Gasteiger partial charge in [0.15, 0.2) is 0 Å². The third kappa shape index (κ3) is 3.99. The summed E-state index contributed by atoms with van der Waals surface area (Å²) in [6.07, 6.45) is 0.267. The molecule has 1 aliphatic rings. The number of carbonyl (C=O) groups excluding carboxylic acids is 1. The average Bonchev–Trinajstić information content (AvgIpc) is 2.34. The minimum Gasteiger partial charge on any atom is -0.337 e. The van der Waals surface area contributed by atoms with Crippen LogP contribution in [-0.4, -0.2) is 36.5 Å². The zero-order valence-electron chi connectivity index (χ0n) is 10.7. The van der Waals surface area contributed by atoms with Crippen molar-refractivity contribution in [2.75, 3.05) is 19.6 Å². The van der Waals surface area contributed by atoms with Gasteiger partial charge < -0.3 is 10.2 Å². The molecule has 2 rings (SSSR count). The Hall–Kier alpha value is -0.480. The molecule has 1 N–H and O–H groups in total. The lowest BCUT2D eigenvalue weighted by atomic mass is 10.1. The number of rotatable bonds is 2. The fraction of sp³-hybridized carbons (Fsp3) is 0.462. The van der Waals surface area contributed by atoms with E-state index in [2.05, 4.69) is 5.32 Å². The van der Waals surface area contributed by atoms with E-state index in [0.29, 0.717) is 10.0 Å². The Bertz CT molecular complexity index is 433. The van der Waals surface area contributed by atoms with Crippen molar-refractivity contribution in [1.82, 2.24) is 10.2 Å². The van der Waals surface area contributed by atoms with Gasteiger partial charge in [0, 0.05) is 35.7 Å². The van der Waals surface area contributed by atoms with E-state index in [0.717, 1.165) is 25.2 Å². The van der Waals surface area contributed by atoms with Crippen molar-refractivity contribution in [1.29, 1.82) is 0 Å². The Labute approximate surface area is 129 Å². The summed E-state index contributed by atoms with van der Waals surface area (Å²) in [7, 11) is 0. The third-order valence-corrected chi connectivity index (χ3v) is 3.92. The predicted molar refractivity (Wildman–Crippen MR) is 81.5 cm³/mol. The second-order valence-electron chi connectivity index (χ2n) is 4.52. The highest BCUT2D eigenvalue weighted by molar-refractivity contribution is 6.36. The molecule has 3 nitrogen and oxygen atoms in total. The lowest BCUT2D eigenvalue weighted by molar-refractivity contribution is -0.133. The van der Waals surface area contributed by atoms with Crippen molar-refractivity contribution in [2.24, 2.45) is 0 Å². The molecule has 1 aliphatic heterocycles. The molecule has 0 saturated carbocycles. The van der Waals surface area contributed by atoms with E-state index < -0.39 is 0 Å². The summed E-state index contributed by atoms with van der Waals surface area (Å²) >= 11 is 12.2. The van der Waals surface area contributed by atoms with Gasteiger partial charge in [-0.1, -0.05) is 29.3 Å². The molecule has 1 amide bonds. The van der Waals surface area contributed by atoms with E-state index in [4.69, 9.17) is 23.2 Å². The van der Waals surface area contributed by atoms with E-state index in [1.807, 2.05) is 11.8 Å². The molecule has 1 heterocycles. The highest BCUT2D eigenvalue weighted by atomic mass is 35.5. The normalized spacial score (nSPS) is 18.9. The van der Waals surface area contributed by atoms with Crippen LogP contribution in [0.3, 0.4) is 0 Å². The zero-order chi connectivity index (χ0) is 13.1. The van der Waals surface area contributed by atoms with Crippen molar-refractivity contribution in [3.63, 3.8) is 0 Å². The Morgan fingerprint density at radius 1 is 1.42 bits per heavy atom. The SMILES string of the molecule is C[C@H]1CNCCN1C(=O)Cc1c(Cl)cccc1Cl.Cl. The average molecular weight is 324 g/mol. The van der Waals surface area contributed by atoms with E-state index in [1.165, 1.54) is 0 Å². The van der Waals surface area contributed by atoms with Gasteiger partial charge in [0.2, 0.25) is 5.91 Å². The monoisotopic (exact) mass is 322 g/mol. The Balaban J connectivity index is 0.00000180. The summed E-state index contributed by atoms with van der Waals surface area (Å²) in [6.45, 7) is 4.45. The molecule has 0 bridgehead atoms. The first kappa shape index (κ1) is 16.6. The summed E-state index contributed by atoms with van der Waals surface area (Å²) in [5, 5.41) is 4.37. The van der Waals surface area contributed by atoms with Crippen LogP contribution in [0, 0.1) is 0 Å². The molecule has 1 atom stereocenters. The molecular formula is C13H17Cl3N2O. The van der Waals surface area contributed by atoms with Gasteiger partial charge in [-0.15, -0.1) is 12.4 Å². The van der Waals surface area contributed by atoms with Crippen molar-refractivity contribution in [2.45, 2.75) is 19.4 Å². The standard InChI is InChI=1S/C13H16Cl2N2O.ClH/c1-9-8-16-5-6-17(9)13(18)7-10-11(14)3-2-4-12(10)15;/h2-4,9,16H,5-8H2,1H3;1H/t9-;/m0./s1. The van der Waals surface area contributed by atoms with Crippen molar-refractivity contribution in [3.8, 4) is 0 Å². The molecule has 19 heavy (non-hydrogen) atoms. The van der Waals surface area contributed by atoms with Crippen LogP contribution in [0.1, 0.15) is 12.5 Å². The second kappa shape index (κ2) is 7.34. The molecular weight excluding hydrogens is 307 g/mol. The minimum absolute atomic E-state index is 0. The molecule has 6 heteroatoms. The van der Waals surface area contributed by atoms with Gasteiger partial charge in [0.25, 0.3) is 0 Å². The van der Waals surface area contributed by atoms with Crippen LogP contribution >= 0.6 is 35.6 Å². The van der Waals surface area contributed by atoms with Gasteiger partial charge in [-0.2, -0.15) is 0 Å². The van der Waals surface area contributed by atoms with Crippen LogP contribution in [0.15, 0.2) is 18.2 Å². The van der Waals surface area contributed by atoms with Gasteiger partial charge in [-0.3, -0.25) is 4.79 Å². The summed E-state index contributed by atoms with van der Waals surface area (Å²) in [5.41, 5.74) is 0.719. The van der Waals surface area contributed by atoms with Gasteiger partial charge >= 0.3 is 0 Å². The number of benzene rings is 1. The smallest absolute Gasteiger partial charge is 0.227 e. The van der Waals surface area contributed by atoms with Crippen LogP contribution in [0.2, 0.25) is 10.0 Å². The highest BCUT2D eigenvalue weighted by Crippen LogP contribution is 2.25. The maximum atomic E-state index is 12.3. The molecule has 1 aromatic rings. The third-order valence-electron chi connectivity index (χ3n) is 3.21. The lowest BCUT2D eigenvalue weighted by Crippen LogP contribution is -2.52. The van der Waals surface area contributed by atoms with E-state index in [9.17, 15) is 4.79 Å². The van der Waals surface area contributed by atoms with Crippen LogP contribution in [0.25, 0.3) is 0 Å². The number of hydrogen-bond acceptors (Lipinski definition) is 2.